The lowest BCUT2D eigenvalue weighted by Crippen LogP contribution is -2.43. The summed E-state index contributed by atoms with van der Waals surface area (Å²) < 4.78 is 1.87. The molecule has 6 heteroatoms. The zero-order chi connectivity index (χ0) is 17.7. The van der Waals surface area contributed by atoms with Crippen LogP contribution in [0.25, 0.3) is 0 Å². The summed E-state index contributed by atoms with van der Waals surface area (Å²) in [5, 5.41) is 20.1. The highest BCUT2D eigenvalue weighted by atomic mass is 16.3. The minimum atomic E-state index is -0.558. The number of aromatic nitrogens is 2. The molecule has 25 heavy (non-hydrogen) atoms. The third kappa shape index (κ3) is 4.82. The van der Waals surface area contributed by atoms with Crippen LogP contribution in [0, 0.1) is 0 Å². The van der Waals surface area contributed by atoms with E-state index in [-0.39, 0.29) is 12.1 Å². The van der Waals surface area contributed by atoms with Crippen molar-refractivity contribution in [2.75, 3.05) is 6.54 Å². The number of aliphatic hydroxyl groups is 1. The summed E-state index contributed by atoms with van der Waals surface area (Å²) >= 11 is 0. The van der Waals surface area contributed by atoms with Gasteiger partial charge in [-0.15, -0.1) is 0 Å². The third-order valence-corrected chi connectivity index (χ3v) is 4.85. The Bertz CT molecular complexity index is 694. The maximum absolute atomic E-state index is 12.0. The number of hydrogen-bond donors (Lipinski definition) is 3. The summed E-state index contributed by atoms with van der Waals surface area (Å²) in [6.45, 7) is 3.13. The van der Waals surface area contributed by atoms with Gasteiger partial charge in [0.1, 0.15) is 0 Å². The lowest BCUT2D eigenvalue weighted by Gasteiger charge is -2.36. The third-order valence-electron chi connectivity index (χ3n) is 4.85. The van der Waals surface area contributed by atoms with Gasteiger partial charge >= 0.3 is 6.03 Å². The molecule has 6 nitrogen and oxygen atoms in total. The lowest BCUT2D eigenvalue weighted by atomic mass is 9.78. The molecule has 0 radical (unpaired) electrons. The summed E-state index contributed by atoms with van der Waals surface area (Å²) in [6.07, 6.45) is 7.11. The Morgan fingerprint density at radius 3 is 2.80 bits per heavy atom. The van der Waals surface area contributed by atoms with Crippen LogP contribution >= 0.6 is 0 Å². The van der Waals surface area contributed by atoms with Crippen molar-refractivity contribution in [3.8, 4) is 0 Å². The van der Waals surface area contributed by atoms with Crippen LogP contribution in [-0.4, -0.2) is 33.1 Å². The highest BCUT2D eigenvalue weighted by Crippen LogP contribution is 2.33. The monoisotopic (exact) mass is 342 g/mol. The molecule has 1 aliphatic carbocycles. The molecule has 1 saturated carbocycles. The molecule has 1 aromatic heterocycles. The van der Waals surface area contributed by atoms with Crippen molar-refractivity contribution in [2.24, 2.45) is 0 Å². The number of urea groups is 1. The predicted octanol–water partition coefficient (Wildman–Crippen LogP) is 2.60. The van der Waals surface area contributed by atoms with E-state index in [0.29, 0.717) is 19.5 Å². The van der Waals surface area contributed by atoms with E-state index in [1.165, 1.54) is 5.56 Å². The maximum atomic E-state index is 12.0. The minimum absolute atomic E-state index is 0.128. The molecule has 0 saturated heterocycles. The molecule has 3 rings (SSSR count). The van der Waals surface area contributed by atoms with Crippen molar-refractivity contribution in [3.63, 3.8) is 0 Å². The van der Waals surface area contributed by atoms with Gasteiger partial charge in [-0.05, 0) is 38.2 Å². The van der Waals surface area contributed by atoms with E-state index in [9.17, 15) is 9.90 Å². The van der Waals surface area contributed by atoms with Crippen molar-refractivity contribution in [1.82, 2.24) is 20.4 Å². The molecular weight excluding hydrogens is 316 g/mol. The smallest absolute Gasteiger partial charge is 0.315 e. The average molecular weight is 342 g/mol. The standard InChI is InChI=1S/C19H26N4O2/c1-15(22-18(24)20-11-10-19(25)8-5-9-19)17-12-21-23(14-17)13-16-6-3-2-4-7-16/h2-4,6-7,12,14-15,25H,5,8-11,13H2,1H3,(H2,20,22,24)/t15-/m1/s1. The van der Waals surface area contributed by atoms with Crippen molar-refractivity contribution >= 4 is 6.03 Å². The molecule has 134 valence electrons. The normalized spacial score (nSPS) is 16.7. The largest absolute Gasteiger partial charge is 0.390 e. The molecule has 0 bridgehead atoms. The van der Waals surface area contributed by atoms with E-state index >= 15 is 0 Å². The van der Waals surface area contributed by atoms with Crippen LogP contribution in [0.15, 0.2) is 42.7 Å². The topological polar surface area (TPSA) is 79.2 Å². The Morgan fingerprint density at radius 1 is 1.36 bits per heavy atom. The molecule has 1 heterocycles. The zero-order valence-corrected chi connectivity index (χ0v) is 14.6. The van der Waals surface area contributed by atoms with E-state index in [0.717, 1.165) is 24.8 Å². The van der Waals surface area contributed by atoms with Crippen molar-refractivity contribution in [3.05, 3.63) is 53.9 Å². The highest BCUT2D eigenvalue weighted by Gasteiger charge is 2.33. The first-order valence-corrected chi connectivity index (χ1v) is 8.87. The van der Waals surface area contributed by atoms with E-state index < -0.39 is 5.60 Å². The Morgan fingerprint density at radius 2 is 2.12 bits per heavy atom. The Kier molecular flexibility index (Phi) is 5.38. The summed E-state index contributed by atoms with van der Waals surface area (Å²) in [6, 6.07) is 9.79. The maximum Gasteiger partial charge on any atom is 0.315 e. The van der Waals surface area contributed by atoms with Gasteiger partial charge in [0.25, 0.3) is 0 Å². The van der Waals surface area contributed by atoms with E-state index in [4.69, 9.17) is 0 Å². The van der Waals surface area contributed by atoms with Crippen LogP contribution in [0.1, 0.15) is 49.8 Å². The van der Waals surface area contributed by atoms with Crippen LogP contribution in [0.2, 0.25) is 0 Å². The quantitative estimate of drug-likeness (QED) is 0.724. The van der Waals surface area contributed by atoms with Crippen molar-refractivity contribution in [1.29, 1.82) is 0 Å². The molecule has 2 aromatic rings. The summed E-state index contributed by atoms with van der Waals surface area (Å²) in [4.78, 5) is 12.0. The fraction of sp³-hybridized carbons (Fsp3) is 0.474. The molecule has 0 unspecified atom stereocenters. The Balaban J connectivity index is 1.44. The van der Waals surface area contributed by atoms with E-state index in [1.54, 1.807) is 6.20 Å². The van der Waals surface area contributed by atoms with Crippen LogP contribution in [0.5, 0.6) is 0 Å². The van der Waals surface area contributed by atoms with Gasteiger partial charge in [-0.25, -0.2) is 4.79 Å². The van der Waals surface area contributed by atoms with Crippen LogP contribution < -0.4 is 10.6 Å². The van der Waals surface area contributed by atoms with Gasteiger partial charge in [0.15, 0.2) is 0 Å². The number of nitrogens with one attached hydrogen (secondary N) is 2. The molecule has 0 aliphatic heterocycles. The van der Waals surface area contributed by atoms with Gasteiger partial charge in [-0.1, -0.05) is 30.3 Å². The zero-order valence-electron chi connectivity index (χ0n) is 14.6. The fourth-order valence-electron chi connectivity index (χ4n) is 3.03. The molecular formula is C19H26N4O2. The number of amides is 2. The van der Waals surface area contributed by atoms with E-state index in [2.05, 4.69) is 27.9 Å². The summed E-state index contributed by atoms with van der Waals surface area (Å²) in [5.74, 6) is 0. The Labute approximate surface area is 148 Å². The highest BCUT2D eigenvalue weighted by molar-refractivity contribution is 5.74. The van der Waals surface area contributed by atoms with Gasteiger partial charge in [-0.2, -0.15) is 5.10 Å². The van der Waals surface area contributed by atoms with Gasteiger partial charge in [-0.3, -0.25) is 4.68 Å². The van der Waals surface area contributed by atoms with Crippen LogP contribution in [-0.2, 0) is 6.54 Å². The number of carbonyl (C=O) groups excluding carboxylic acids is 1. The second kappa shape index (κ2) is 7.70. The first-order chi connectivity index (χ1) is 12.0. The van der Waals surface area contributed by atoms with Gasteiger partial charge < -0.3 is 15.7 Å². The molecule has 1 atom stereocenters. The molecule has 3 N–H and O–H groups in total. The first-order valence-electron chi connectivity index (χ1n) is 8.87. The molecule has 1 fully saturated rings. The second-order valence-electron chi connectivity index (χ2n) is 6.91. The fourth-order valence-corrected chi connectivity index (χ4v) is 3.03. The SMILES string of the molecule is C[C@@H](NC(=O)NCCC1(O)CCC1)c1cnn(Cc2ccccc2)c1. The number of nitrogens with zero attached hydrogens (tertiary/aromatic N) is 2. The van der Waals surface area contributed by atoms with Crippen LogP contribution in [0.3, 0.4) is 0 Å². The molecule has 0 spiro atoms. The predicted molar refractivity (Wildman–Crippen MR) is 96.1 cm³/mol. The van der Waals surface area contributed by atoms with Gasteiger partial charge in [0.2, 0.25) is 0 Å². The number of hydrogen-bond acceptors (Lipinski definition) is 3. The Hall–Kier alpha value is -2.34. The van der Waals surface area contributed by atoms with Gasteiger partial charge in [0.05, 0.1) is 24.4 Å². The number of benzene rings is 1. The summed E-state index contributed by atoms with van der Waals surface area (Å²) in [5.41, 5.74) is 1.59. The van der Waals surface area contributed by atoms with Crippen molar-refractivity contribution < 1.29 is 9.90 Å². The van der Waals surface area contributed by atoms with Crippen LogP contribution in [0.4, 0.5) is 4.79 Å². The van der Waals surface area contributed by atoms with Gasteiger partial charge in [0, 0.05) is 18.3 Å². The lowest BCUT2D eigenvalue weighted by molar-refractivity contribution is -0.0389. The summed E-state index contributed by atoms with van der Waals surface area (Å²) in [7, 11) is 0. The molecule has 2 amide bonds. The number of rotatable bonds is 7. The average Bonchev–Trinajstić information content (AvgIpc) is 3.03. The van der Waals surface area contributed by atoms with Crippen molar-refractivity contribution in [2.45, 2.75) is 50.8 Å². The second-order valence-corrected chi connectivity index (χ2v) is 6.91. The molecule has 1 aromatic carbocycles. The molecule has 1 aliphatic rings. The first kappa shape index (κ1) is 17.5. The minimum Gasteiger partial charge on any atom is -0.390 e. The number of carbonyl (C=O) groups is 1. The van der Waals surface area contributed by atoms with E-state index in [1.807, 2.05) is 36.0 Å².